The van der Waals surface area contributed by atoms with Crippen LogP contribution in [0.5, 0.6) is 0 Å². The van der Waals surface area contributed by atoms with Gasteiger partial charge in [0.25, 0.3) is 0 Å². The molecule has 22 heavy (non-hydrogen) atoms. The first-order valence-corrected chi connectivity index (χ1v) is 8.86. The van der Waals surface area contributed by atoms with Gasteiger partial charge in [0.15, 0.2) is 0 Å². The smallest absolute Gasteiger partial charge is 0.228 e. The Balaban J connectivity index is 1.77. The molecule has 2 N–H and O–H groups in total. The molecule has 0 aliphatic carbocycles. The summed E-state index contributed by atoms with van der Waals surface area (Å²) in [5, 5.41) is 6.52. The molecule has 5 nitrogen and oxygen atoms in total. The van der Waals surface area contributed by atoms with Crippen LogP contribution in [-0.4, -0.2) is 63.8 Å². The van der Waals surface area contributed by atoms with Crippen LogP contribution in [0.2, 0.25) is 0 Å². The van der Waals surface area contributed by atoms with E-state index >= 15 is 0 Å². The lowest BCUT2D eigenvalue weighted by molar-refractivity contribution is -0.136. The molecule has 1 amide bonds. The quantitative estimate of drug-likeness (QED) is 0.743. The number of nitrogens with zero attached hydrogens (tertiary/aromatic N) is 1. The summed E-state index contributed by atoms with van der Waals surface area (Å²) in [5.74, 6) is 0.685. The van der Waals surface area contributed by atoms with E-state index in [9.17, 15) is 4.79 Å². The fourth-order valence-electron chi connectivity index (χ4n) is 3.72. The van der Waals surface area contributed by atoms with E-state index in [0.29, 0.717) is 12.5 Å². The molecule has 2 aliphatic rings. The van der Waals surface area contributed by atoms with Gasteiger partial charge in [-0.15, -0.1) is 0 Å². The first-order chi connectivity index (χ1) is 10.7. The Labute approximate surface area is 135 Å². The predicted octanol–water partition coefficient (Wildman–Crippen LogP) is 1.24. The normalized spacial score (nSPS) is 23.9. The molecular formula is C17H33N3O2. The summed E-state index contributed by atoms with van der Waals surface area (Å²) >= 11 is 0. The van der Waals surface area contributed by atoms with Crippen molar-refractivity contribution in [2.45, 2.75) is 39.0 Å². The molecule has 1 atom stereocenters. The highest BCUT2D eigenvalue weighted by atomic mass is 16.5. The van der Waals surface area contributed by atoms with Crippen LogP contribution in [0.3, 0.4) is 0 Å². The van der Waals surface area contributed by atoms with Gasteiger partial charge in [0, 0.05) is 20.2 Å². The molecule has 2 fully saturated rings. The SMILES string of the molecule is COCC1(C(=O)NCC(C)CN2CCCCC2)CCNCC1. The zero-order valence-corrected chi connectivity index (χ0v) is 14.3. The molecule has 0 aromatic rings. The van der Waals surface area contributed by atoms with Gasteiger partial charge in [0.2, 0.25) is 5.91 Å². The van der Waals surface area contributed by atoms with Crippen molar-refractivity contribution in [2.75, 3.05) is 53.0 Å². The Bertz CT molecular complexity index is 331. The lowest BCUT2D eigenvalue weighted by Crippen LogP contribution is -2.51. The highest BCUT2D eigenvalue weighted by Gasteiger charge is 2.39. The highest BCUT2D eigenvalue weighted by molar-refractivity contribution is 5.83. The van der Waals surface area contributed by atoms with Crippen molar-refractivity contribution in [3.63, 3.8) is 0 Å². The molecule has 128 valence electrons. The number of hydrogen-bond acceptors (Lipinski definition) is 4. The van der Waals surface area contributed by atoms with E-state index in [1.165, 1.54) is 32.4 Å². The molecule has 0 radical (unpaired) electrons. The molecule has 5 heteroatoms. The molecule has 0 aromatic heterocycles. The summed E-state index contributed by atoms with van der Waals surface area (Å²) in [6.07, 6.45) is 5.75. The number of likely N-dealkylation sites (tertiary alicyclic amines) is 1. The van der Waals surface area contributed by atoms with Crippen molar-refractivity contribution >= 4 is 5.91 Å². The maximum atomic E-state index is 12.7. The Morgan fingerprint density at radius 3 is 2.59 bits per heavy atom. The number of amides is 1. The zero-order valence-electron chi connectivity index (χ0n) is 14.3. The number of carbonyl (C=O) groups is 1. The largest absolute Gasteiger partial charge is 0.384 e. The second-order valence-electron chi connectivity index (χ2n) is 7.14. The molecular weight excluding hydrogens is 278 g/mol. The minimum absolute atomic E-state index is 0.182. The van der Waals surface area contributed by atoms with Gasteiger partial charge in [-0.25, -0.2) is 0 Å². The van der Waals surface area contributed by atoms with Crippen molar-refractivity contribution < 1.29 is 9.53 Å². The van der Waals surface area contributed by atoms with Crippen molar-refractivity contribution in [3.8, 4) is 0 Å². The topological polar surface area (TPSA) is 53.6 Å². The van der Waals surface area contributed by atoms with Gasteiger partial charge >= 0.3 is 0 Å². The van der Waals surface area contributed by atoms with E-state index in [1.54, 1.807) is 7.11 Å². The third kappa shape index (κ3) is 4.93. The third-order valence-corrected chi connectivity index (χ3v) is 5.09. The molecule has 1 unspecified atom stereocenters. The van der Waals surface area contributed by atoms with Gasteiger partial charge in [-0.1, -0.05) is 13.3 Å². The van der Waals surface area contributed by atoms with E-state index in [0.717, 1.165) is 39.0 Å². The number of piperidine rings is 2. The average molecular weight is 311 g/mol. The standard InChI is InChI=1S/C17H33N3O2/c1-15(13-20-10-4-3-5-11-20)12-19-16(21)17(14-22-2)6-8-18-9-7-17/h15,18H,3-14H2,1-2H3,(H,19,21). The van der Waals surface area contributed by atoms with Crippen molar-refractivity contribution in [1.82, 2.24) is 15.5 Å². The van der Waals surface area contributed by atoms with Crippen LogP contribution in [0.1, 0.15) is 39.0 Å². The van der Waals surface area contributed by atoms with Crippen LogP contribution in [0.15, 0.2) is 0 Å². The number of ether oxygens (including phenoxy) is 1. The van der Waals surface area contributed by atoms with Gasteiger partial charge < -0.3 is 20.3 Å². The van der Waals surface area contributed by atoms with Gasteiger partial charge in [0.1, 0.15) is 0 Å². The Morgan fingerprint density at radius 1 is 1.27 bits per heavy atom. The first-order valence-electron chi connectivity index (χ1n) is 8.86. The maximum absolute atomic E-state index is 12.7. The van der Waals surface area contributed by atoms with E-state index in [-0.39, 0.29) is 11.3 Å². The second kappa shape index (κ2) is 8.85. The zero-order chi connectivity index (χ0) is 15.8. The van der Waals surface area contributed by atoms with Crippen LogP contribution in [0.25, 0.3) is 0 Å². The fraction of sp³-hybridized carbons (Fsp3) is 0.941. The van der Waals surface area contributed by atoms with Crippen molar-refractivity contribution in [1.29, 1.82) is 0 Å². The molecule has 0 bridgehead atoms. The van der Waals surface area contributed by atoms with Crippen LogP contribution >= 0.6 is 0 Å². The maximum Gasteiger partial charge on any atom is 0.228 e. The van der Waals surface area contributed by atoms with Gasteiger partial charge in [-0.05, 0) is 57.8 Å². The van der Waals surface area contributed by atoms with Gasteiger partial charge in [0.05, 0.1) is 12.0 Å². The van der Waals surface area contributed by atoms with Gasteiger partial charge in [-0.2, -0.15) is 0 Å². The van der Waals surface area contributed by atoms with Crippen LogP contribution < -0.4 is 10.6 Å². The minimum atomic E-state index is -0.329. The van der Waals surface area contributed by atoms with E-state index < -0.39 is 0 Å². The summed E-state index contributed by atoms with van der Waals surface area (Å²) in [6.45, 7) is 8.88. The minimum Gasteiger partial charge on any atom is -0.384 e. The lowest BCUT2D eigenvalue weighted by Gasteiger charge is -2.36. The number of carbonyl (C=O) groups excluding carboxylic acids is 1. The van der Waals surface area contributed by atoms with E-state index in [4.69, 9.17) is 4.74 Å². The summed E-state index contributed by atoms with van der Waals surface area (Å²) in [7, 11) is 1.69. The highest BCUT2D eigenvalue weighted by Crippen LogP contribution is 2.29. The number of hydrogen-bond donors (Lipinski definition) is 2. The van der Waals surface area contributed by atoms with Crippen molar-refractivity contribution in [2.24, 2.45) is 11.3 Å². The van der Waals surface area contributed by atoms with Gasteiger partial charge in [-0.3, -0.25) is 4.79 Å². The fourth-order valence-corrected chi connectivity index (χ4v) is 3.72. The summed E-state index contributed by atoms with van der Waals surface area (Å²) in [5.41, 5.74) is -0.329. The number of nitrogens with one attached hydrogen (secondary N) is 2. The summed E-state index contributed by atoms with van der Waals surface area (Å²) < 4.78 is 5.34. The average Bonchev–Trinajstić information content (AvgIpc) is 2.54. The lowest BCUT2D eigenvalue weighted by atomic mass is 9.78. The van der Waals surface area contributed by atoms with E-state index in [2.05, 4.69) is 22.5 Å². The summed E-state index contributed by atoms with van der Waals surface area (Å²) in [4.78, 5) is 15.2. The van der Waals surface area contributed by atoms with E-state index in [1.807, 2.05) is 0 Å². The molecule has 0 saturated carbocycles. The molecule has 2 saturated heterocycles. The van der Waals surface area contributed by atoms with Crippen LogP contribution in [-0.2, 0) is 9.53 Å². The van der Waals surface area contributed by atoms with Crippen LogP contribution in [0, 0.1) is 11.3 Å². The molecule has 0 aromatic carbocycles. The molecule has 2 aliphatic heterocycles. The first kappa shape index (κ1) is 17.7. The van der Waals surface area contributed by atoms with Crippen molar-refractivity contribution in [3.05, 3.63) is 0 Å². The Morgan fingerprint density at radius 2 is 1.95 bits per heavy atom. The molecule has 2 rings (SSSR count). The van der Waals surface area contributed by atoms with Crippen LogP contribution in [0.4, 0.5) is 0 Å². The predicted molar refractivity (Wildman–Crippen MR) is 88.9 cm³/mol. The number of rotatable bonds is 7. The molecule has 2 heterocycles. The Hall–Kier alpha value is -0.650. The molecule has 0 spiro atoms. The second-order valence-corrected chi connectivity index (χ2v) is 7.14. The Kier molecular flexibility index (Phi) is 7.12. The monoisotopic (exact) mass is 311 g/mol. The number of methoxy groups -OCH3 is 1. The summed E-state index contributed by atoms with van der Waals surface area (Å²) in [6, 6.07) is 0. The third-order valence-electron chi connectivity index (χ3n) is 5.09.